The van der Waals surface area contributed by atoms with Crippen LogP contribution in [0.5, 0.6) is 0 Å². The molecule has 41 heavy (non-hydrogen) atoms. The number of nitrogens with two attached hydrogens (primary N) is 1. The minimum absolute atomic E-state index is 0.0213. The highest BCUT2D eigenvalue weighted by molar-refractivity contribution is 7.88. The maximum absolute atomic E-state index is 13.9. The van der Waals surface area contributed by atoms with Crippen LogP contribution in [-0.4, -0.2) is 81.7 Å². The summed E-state index contributed by atoms with van der Waals surface area (Å²) in [7, 11) is -3.65. The lowest BCUT2D eigenvalue weighted by Gasteiger charge is -2.30. The second-order valence-electron chi connectivity index (χ2n) is 11.8. The fourth-order valence-electron chi connectivity index (χ4n) is 6.21. The molecule has 3 aliphatic rings. The molecule has 13 heteroatoms. The second-order valence-corrected chi connectivity index (χ2v) is 14.8. The van der Waals surface area contributed by atoms with Gasteiger partial charge in [-0.05, 0) is 75.6 Å². The Morgan fingerprint density at radius 3 is 2.56 bits per heavy atom. The van der Waals surface area contributed by atoms with Gasteiger partial charge in [-0.2, -0.15) is 0 Å². The molecule has 3 atom stereocenters. The third-order valence-corrected chi connectivity index (χ3v) is 10.3. The zero-order valence-electron chi connectivity index (χ0n) is 24.0. The van der Waals surface area contributed by atoms with Crippen molar-refractivity contribution in [3.8, 4) is 0 Å². The molecule has 3 fully saturated rings. The van der Waals surface area contributed by atoms with Crippen LogP contribution in [0, 0.1) is 17.2 Å². The Balaban J connectivity index is 1.45. The Labute approximate surface area is 247 Å². The number of nitrogens with one attached hydrogen (secondary N) is 4. The highest BCUT2D eigenvalue weighted by Crippen LogP contribution is 2.28. The first-order chi connectivity index (χ1) is 19.6. The molecule has 230 valence electrons. The third kappa shape index (κ3) is 9.74. The monoisotopic (exact) mass is 610 g/mol. The van der Waals surface area contributed by atoms with E-state index >= 15 is 0 Å². The summed E-state index contributed by atoms with van der Waals surface area (Å²) in [5, 5.41) is 13.9. The number of hydrogen-bond donors (Lipinski definition) is 5. The summed E-state index contributed by atoms with van der Waals surface area (Å²) in [6.45, 7) is 2.98. The number of likely N-dealkylation sites (tertiary alicyclic amines) is 1. The number of amides is 2. The molecular formula is C28H46N6O5S2. The van der Waals surface area contributed by atoms with E-state index in [1.54, 1.807) is 6.07 Å². The van der Waals surface area contributed by atoms with Gasteiger partial charge < -0.3 is 26.0 Å². The molecule has 0 aromatic carbocycles. The van der Waals surface area contributed by atoms with E-state index in [1.165, 1.54) is 35.5 Å². The molecule has 0 unspecified atom stereocenters. The quantitative estimate of drug-likeness (QED) is 0.168. The van der Waals surface area contributed by atoms with E-state index in [9.17, 15) is 18.0 Å². The predicted molar refractivity (Wildman–Crippen MR) is 160 cm³/mol. The van der Waals surface area contributed by atoms with Crippen molar-refractivity contribution >= 4 is 39.0 Å². The maximum Gasteiger partial charge on any atom is 0.243 e. The zero-order valence-corrected chi connectivity index (χ0v) is 25.7. The summed E-state index contributed by atoms with van der Waals surface area (Å²) in [6, 6.07) is 1.89. The lowest BCUT2D eigenvalue weighted by Crippen LogP contribution is -2.53. The number of sulfonamides is 1. The predicted octanol–water partition coefficient (Wildman–Crippen LogP) is 1.91. The first-order valence-corrected chi connectivity index (χ1v) is 17.6. The molecular weight excluding hydrogens is 564 g/mol. The molecule has 0 radical (unpaired) electrons. The number of carbonyl (C=O) groups excluding carboxylic acids is 2. The fourth-order valence-corrected chi connectivity index (χ4v) is 7.75. The average Bonchev–Trinajstić information content (AvgIpc) is 3.61. The topological polar surface area (TPSA) is 167 Å². The summed E-state index contributed by atoms with van der Waals surface area (Å²) in [4.78, 5) is 30.4. The summed E-state index contributed by atoms with van der Waals surface area (Å²) in [5.74, 6) is 0.245. The first-order valence-electron chi connectivity index (χ1n) is 14.9. The van der Waals surface area contributed by atoms with E-state index < -0.39 is 22.1 Å². The maximum atomic E-state index is 13.9. The van der Waals surface area contributed by atoms with Crippen molar-refractivity contribution in [3.63, 3.8) is 0 Å². The summed E-state index contributed by atoms with van der Waals surface area (Å²) >= 11 is 1.34. The second kappa shape index (κ2) is 14.9. The normalized spacial score (nSPS) is 23.4. The van der Waals surface area contributed by atoms with E-state index in [1.807, 2.05) is 6.07 Å². The minimum Gasteiger partial charge on any atom is -0.383 e. The molecule has 2 aliphatic heterocycles. The van der Waals surface area contributed by atoms with Gasteiger partial charge in [0.15, 0.2) is 0 Å². The van der Waals surface area contributed by atoms with Crippen LogP contribution in [0.3, 0.4) is 0 Å². The van der Waals surface area contributed by atoms with Gasteiger partial charge in [0.1, 0.15) is 17.9 Å². The Morgan fingerprint density at radius 1 is 1.17 bits per heavy atom. The summed E-state index contributed by atoms with van der Waals surface area (Å²) < 4.78 is 33.4. The number of carbonyl (C=O) groups is 2. The lowest BCUT2D eigenvalue weighted by molar-refractivity contribution is -0.140. The number of nitrogen functional groups attached to an aromatic ring is 1. The van der Waals surface area contributed by atoms with Crippen molar-refractivity contribution in [3.05, 3.63) is 21.9 Å². The van der Waals surface area contributed by atoms with E-state index in [4.69, 9.17) is 15.9 Å². The van der Waals surface area contributed by atoms with Crippen molar-refractivity contribution in [2.24, 2.45) is 17.6 Å². The SMILES string of the molecule is CS(=O)(=O)N[C@H](CCC1CCNCC1)C(=O)N1C[C@H](OCC2CCCCC2)C[C@@H]1C(=O)NCc1ccc(C(=N)N)s1. The highest BCUT2D eigenvalue weighted by atomic mass is 32.2. The van der Waals surface area contributed by atoms with Gasteiger partial charge in [-0.15, -0.1) is 11.3 Å². The van der Waals surface area contributed by atoms with Crippen molar-refractivity contribution in [1.82, 2.24) is 20.3 Å². The van der Waals surface area contributed by atoms with Crippen LogP contribution in [0.4, 0.5) is 0 Å². The molecule has 0 bridgehead atoms. The molecule has 2 amide bonds. The molecule has 1 saturated carbocycles. The molecule has 11 nitrogen and oxygen atoms in total. The smallest absolute Gasteiger partial charge is 0.243 e. The number of thiophene rings is 1. The van der Waals surface area contributed by atoms with Crippen molar-refractivity contribution < 1.29 is 22.7 Å². The highest BCUT2D eigenvalue weighted by Gasteiger charge is 2.43. The number of ether oxygens (including phenoxy) is 1. The standard InChI is InChI=1S/C28H46N6O5S2/c1-41(37,38)33-23(9-7-19-11-13-31-14-12-19)28(36)34-17-21(39-18-20-5-3-2-4-6-20)15-24(34)27(35)32-16-22-8-10-25(40-22)26(29)30/h8,10,19-21,23-24,31,33H,2-7,9,11-18H2,1H3,(H3,29,30)(H,32,35)/t21-,23-,24-/m1/s1. The van der Waals surface area contributed by atoms with Crippen LogP contribution in [0.15, 0.2) is 12.1 Å². The molecule has 1 aliphatic carbocycles. The van der Waals surface area contributed by atoms with E-state index in [0.717, 1.165) is 56.3 Å². The van der Waals surface area contributed by atoms with Gasteiger partial charge >= 0.3 is 0 Å². The van der Waals surface area contributed by atoms with Crippen LogP contribution < -0.4 is 21.1 Å². The van der Waals surface area contributed by atoms with Gasteiger partial charge in [-0.25, -0.2) is 13.1 Å². The van der Waals surface area contributed by atoms with Crippen LogP contribution in [-0.2, 0) is 30.9 Å². The van der Waals surface area contributed by atoms with Crippen molar-refractivity contribution in [2.45, 2.75) is 88.9 Å². The average molecular weight is 611 g/mol. The fraction of sp³-hybridized carbons (Fsp3) is 0.750. The van der Waals surface area contributed by atoms with Crippen LogP contribution in [0.1, 0.15) is 74.0 Å². The molecule has 6 N–H and O–H groups in total. The van der Waals surface area contributed by atoms with Crippen molar-refractivity contribution in [1.29, 1.82) is 5.41 Å². The van der Waals surface area contributed by atoms with E-state index in [-0.39, 0.29) is 36.8 Å². The Kier molecular flexibility index (Phi) is 11.6. The van der Waals surface area contributed by atoms with E-state index in [2.05, 4.69) is 15.4 Å². The summed E-state index contributed by atoms with van der Waals surface area (Å²) in [5.41, 5.74) is 5.57. The summed E-state index contributed by atoms with van der Waals surface area (Å²) in [6.07, 6.45) is 10.2. The Bertz CT molecular complexity index is 1150. The lowest BCUT2D eigenvalue weighted by atomic mass is 9.90. The van der Waals surface area contributed by atoms with Crippen LogP contribution >= 0.6 is 11.3 Å². The van der Waals surface area contributed by atoms with Gasteiger partial charge in [0.25, 0.3) is 0 Å². The van der Waals surface area contributed by atoms with Gasteiger partial charge in [0, 0.05) is 24.4 Å². The number of amidine groups is 1. The number of hydrogen-bond acceptors (Lipinski definition) is 8. The largest absolute Gasteiger partial charge is 0.383 e. The molecule has 1 aromatic rings. The minimum atomic E-state index is -3.65. The Hall–Kier alpha value is -2.06. The number of rotatable bonds is 13. The third-order valence-electron chi connectivity index (χ3n) is 8.48. The molecule has 0 spiro atoms. The zero-order chi connectivity index (χ0) is 29.4. The van der Waals surface area contributed by atoms with Gasteiger partial charge in [-0.1, -0.05) is 19.3 Å². The van der Waals surface area contributed by atoms with E-state index in [0.29, 0.717) is 36.2 Å². The Morgan fingerprint density at radius 2 is 1.90 bits per heavy atom. The van der Waals surface area contributed by atoms with Gasteiger partial charge in [-0.3, -0.25) is 15.0 Å². The van der Waals surface area contributed by atoms with Gasteiger partial charge in [0.2, 0.25) is 21.8 Å². The van der Waals surface area contributed by atoms with Crippen LogP contribution in [0.2, 0.25) is 0 Å². The molecule has 1 aromatic heterocycles. The molecule has 3 heterocycles. The van der Waals surface area contributed by atoms with Crippen molar-refractivity contribution in [2.75, 3.05) is 32.5 Å². The van der Waals surface area contributed by atoms with Crippen LogP contribution in [0.25, 0.3) is 0 Å². The number of nitrogens with zero attached hydrogens (tertiary/aromatic N) is 1. The molecule has 2 saturated heterocycles. The first kappa shape index (κ1) is 31.9. The number of piperidine rings is 1. The van der Waals surface area contributed by atoms with Gasteiger partial charge in [0.05, 0.1) is 23.8 Å². The molecule has 4 rings (SSSR count).